The van der Waals surface area contributed by atoms with Crippen molar-refractivity contribution in [2.75, 3.05) is 36.5 Å². The Morgan fingerprint density at radius 2 is 1.89 bits per heavy atom. The van der Waals surface area contributed by atoms with Crippen LogP contribution in [0, 0.1) is 6.92 Å². The summed E-state index contributed by atoms with van der Waals surface area (Å²) in [5.41, 5.74) is 7.51. The van der Waals surface area contributed by atoms with E-state index < -0.39 is 0 Å². The number of rotatable bonds is 6. The first kappa shape index (κ1) is 21.3. The molecule has 1 saturated heterocycles. The van der Waals surface area contributed by atoms with Gasteiger partial charge in [0.1, 0.15) is 12.2 Å². The number of imidazole rings is 1. The molecule has 0 saturated carbocycles. The van der Waals surface area contributed by atoms with Gasteiger partial charge in [-0.05, 0) is 43.3 Å². The maximum atomic E-state index is 5.53. The minimum absolute atomic E-state index is 0.547. The van der Waals surface area contributed by atoms with E-state index >= 15 is 0 Å². The van der Waals surface area contributed by atoms with Gasteiger partial charge in [-0.3, -0.25) is 4.98 Å². The molecule has 9 heteroatoms. The number of aromatic nitrogens is 6. The second-order valence-electron chi connectivity index (χ2n) is 8.52. The molecule has 176 valence electrons. The van der Waals surface area contributed by atoms with Crippen LogP contribution in [0.4, 0.5) is 11.4 Å². The summed E-state index contributed by atoms with van der Waals surface area (Å²) in [7, 11) is 0. The minimum Gasteiger partial charge on any atom is -0.378 e. The molecule has 0 radical (unpaired) electrons. The van der Waals surface area contributed by atoms with Crippen LogP contribution in [0.3, 0.4) is 0 Å². The van der Waals surface area contributed by atoms with E-state index in [9.17, 15) is 0 Å². The summed E-state index contributed by atoms with van der Waals surface area (Å²) in [6.07, 6.45) is 3.50. The number of aryl methyl sites for hydroxylation is 1. The predicted octanol–water partition coefficient (Wildman–Crippen LogP) is 3.94. The standard InChI is InChI=1S/C26H26N8O/c1-18-5-4-7-21(30-18)26-25(19-9-10-24-28-17-29-34(24)16-19)31-23(32-26)15-27-20-6-2-3-8-22(20)33-11-13-35-14-12-33/h2-10,16-17,27H,11-15H2,1H3,(H,31,32). The lowest BCUT2D eigenvalue weighted by atomic mass is 10.1. The number of ether oxygens (including phenoxy) is 1. The van der Waals surface area contributed by atoms with Gasteiger partial charge in [-0.2, -0.15) is 5.10 Å². The topological polar surface area (TPSA) is 96.3 Å². The van der Waals surface area contributed by atoms with Crippen LogP contribution in [0.25, 0.3) is 28.3 Å². The Morgan fingerprint density at radius 1 is 1.00 bits per heavy atom. The van der Waals surface area contributed by atoms with Gasteiger partial charge in [0.05, 0.1) is 48.2 Å². The van der Waals surface area contributed by atoms with Crippen molar-refractivity contribution in [2.45, 2.75) is 13.5 Å². The van der Waals surface area contributed by atoms with Gasteiger partial charge in [-0.25, -0.2) is 14.5 Å². The van der Waals surface area contributed by atoms with Gasteiger partial charge in [-0.1, -0.05) is 18.2 Å². The van der Waals surface area contributed by atoms with Crippen molar-refractivity contribution in [2.24, 2.45) is 0 Å². The number of hydrogen-bond donors (Lipinski definition) is 2. The molecule has 1 fully saturated rings. The van der Waals surface area contributed by atoms with E-state index in [0.29, 0.717) is 6.54 Å². The smallest absolute Gasteiger partial charge is 0.155 e. The van der Waals surface area contributed by atoms with Crippen LogP contribution >= 0.6 is 0 Å². The van der Waals surface area contributed by atoms with Gasteiger partial charge in [-0.15, -0.1) is 0 Å². The summed E-state index contributed by atoms with van der Waals surface area (Å²) in [5.74, 6) is 0.828. The number of morpholine rings is 1. The van der Waals surface area contributed by atoms with E-state index in [4.69, 9.17) is 14.7 Å². The fourth-order valence-electron chi connectivity index (χ4n) is 4.42. The van der Waals surface area contributed by atoms with Crippen LogP contribution in [0.1, 0.15) is 11.5 Å². The van der Waals surface area contributed by atoms with Crippen molar-refractivity contribution < 1.29 is 4.74 Å². The summed E-state index contributed by atoms with van der Waals surface area (Å²) in [4.78, 5) is 19.9. The van der Waals surface area contributed by atoms with E-state index in [1.54, 1.807) is 10.8 Å². The average Bonchev–Trinajstić information content (AvgIpc) is 3.55. The minimum atomic E-state index is 0.547. The van der Waals surface area contributed by atoms with Crippen LogP contribution in [0.5, 0.6) is 0 Å². The maximum Gasteiger partial charge on any atom is 0.155 e. The quantitative estimate of drug-likeness (QED) is 0.391. The molecule has 4 aromatic heterocycles. The van der Waals surface area contributed by atoms with Crippen LogP contribution < -0.4 is 10.2 Å². The maximum absolute atomic E-state index is 5.53. The number of para-hydroxylation sites is 2. The van der Waals surface area contributed by atoms with Gasteiger partial charge in [0.15, 0.2) is 5.65 Å². The molecule has 0 unspecified atom stereocenters. The van der Waals surface area contributed by atoms with E-state index in [2.05, 4.69) is 49.5 Å². The number of nitrogens with zero attached hydrogens (tertiary/aromatic N) is 6. The van der Waals surface area contributed by atoms with Crippen molar-refractivity contribution in [3.05, 3.63) is 78.6 Å². The van der Waals surface area contributed by atoms with Gasteiger partial charge >= 0.3 is 0 Å². The molecular formula is C26H26N8O. The molecule has 0 amide bonds. The molecule has 6 rings (SSSR count). The molecule has 0 aliphatic carbocycles. The van der Waals surface area contributed by atoms with E-state index in [1.165, 1.54) is 5.69 Å². The van der Waals surface area contributed by atoms with Gasteiger partial charge in [0.2, 0.25) is 0 Å². The Labute approximate surface area is 202 Å². The van der Waals surface area contributed by atoms with Crippen molar-refractivity contribution in [3.8, 4) is 22.6 Å². The highest BCUT2D eigenvalue weighted by Gasteiger charge is 2.18. The molecule has 1 aliphatic rings. The van der Waals surface area contributed by atoms with Crippen molar-refractivity contribution >= 4 is 17.0 Å². The Balaban J connectivity index is 1.34. The van der Waals surface area contributed by atoms with Gasteiger partial charge < -0.3 is 19.9 Å². The highest BCUT2D eigenvalue weighted by atomic mass is 16.5. The molecule has 5 heterocycles. The third-order valence-corrected chi connectivity index (χ3v) is 6.15. The van der Waals surface area contributed by atoms with Crippen LogP contribution in [0.2, 0.25) is 0 Å². The molecule has 35 heavy (non-hydrogen) atoms. The first-order valence-corrected chi connectivity index (χ1v) is 11.7. The summed E-state index contributed by atoms with van der Waals surface area (Å²) in [5, 5.41) is 7.87. The zero-order valence-corrected chi connectivity index (χ0v) is 19.5. The number of fused-ring (bicyclic) bond motifs is 1. The van der Waals surface area contributed by atoms with Crippen molar-refractivity contribution in [3.63, 3.8) is 0 Å². The number of pyridine rings is 2. The van der Waals surface area contributed by atoms with Crippen LogP contribution in [-0.4, -0.2) is 55.9 Å². The van der Waals surface area contributed by atoms with Gasteiger partial charge in [0.25, 0.3) is 0 Å². The molecule has 1 aromatic carbocycles. The highest BCUT2D eigenvalue weighted by Crippen LogP contribution is 2.31. The highest BCUT2D eigenvalue weighted by molar-refractivity contribution is 5.77. The number of hydrogen-bond acceptors (Lipinski definition) is 7. The number of H-pyrrole nitrogens is 1. The number of benzene rings is 1. The number of aromatic amines is 1. The van der Waals surface area contributed by atoms with Crippen LogP contribution in [-0.2, 0) is 11.3 Å². The van der Waals surface area contributed by atoms with E-state index in [1.807, 2.05) is 43.5 Å². The lowest BCUT2D eigenvalue weighted by Gasteiger charge is -2.30. The lowest BCUT2D eigenvalue weighted by Crippen LogP contribution is -2.36. The fourth-order valence-corrected chi connectivity index (χ4v) is 4.42. The average molecular weight is 467 g/mol. The Hall–Kier alpha value is -4.24. The second kappa shape index (κ2) is 9.19. The summed E-state index contributed by atoms with van der Waals surface area (Å²) in [6, 6.07) is 18.4. The zero-order valence-electron chi connectivity index (χ0n) is 19.5. The van der Waals surface area contributed by atoms with Gasteiger partial charge in [0, 0.05) is 30.5 Å². The molecule has 9 nitrogen and oxygen atoms in total. The first-order valence-electron chi connectivity index (χ1n) is 11.7. The van der Waals surface area contributed by atoms with E-state index in [0.717, 1.165) is 71.8 Å². The third kappa shape index (κ3) is 4.33. The molecule has 0 bridgehead atoms. The molecule has 1 aliphatic heterocycles. The summed E-state index contributed by atoms with van der Waals surface area (Å²) >= 11 is 0. The second-order valence-corrected chi connectivity index (χ2v) is 8.52. The largest absolute Gasteiger partial charge is 0.378 e. The SMILES string of the molecule is Cc1cccc(-c2[nH]c(CNc3ccccc3N3CCOCC3)nc2-c2ccc3ncnn3c2)n1. The molecule has 0 spiro atoms. The Bertz CT molecular complexity index is 1470. The first-order chi connectivity index (χ1) is 17.2. The monoisotopic (exact) mass is 466 g/mol. The van der Waals surface area contributed by atoms with E-state index in [-0.39, 0.29) is 0 Å². The molecule has 5 aromatic rings. The predicted molar refractivity (Wildman–Crippen MR) is 135 cm³/mol. The zero-order chi connectivity index (χ0) is 23.6. The molecular weight excluding hydrogens is 440 g/mol. The Kier molecular flexibility index (Phi) is 5.59. The molecule has 2 N–H and O–H groups in total. The summed E-state index contributed by atoms with van der Waals surface area (Å²) < 4.78 is 7.29. The third-order valence-electron chi connectivity index (χ3n) is 6.15. The fraction of sp³-hybridized carbons (Fsp3) is 0.231. The Morgan fingerprint density at radius 3 is 2.77 bits per heavy atom. The summed E-state index contributed by atoms with van der Waals surface area (Å²) in [6.45, 7) is 5.81. The van der Waals surface area contributed by atoms with Crippen LogP contribution in [0.15, 0.2) is 67.1 Å². The van der Waals surface area contributed by atoms with Crippen molar-refractivity contribution in [1.29, 1.82) is 0 Å². The van der Waals surface area contributed by atoms with Crippen molar-refractivity contribution in [1.82, 2.24) is 29.5 Å². The number of nitrogens with one attached hydrogen (secondary N) is 2. The normalized spacial score (nSPS) is 13.9. The lowest BCUT2D eigenvalue weighted by molar-refractivity contribution is 0.123. The molecule has 0 atom stereocenters. The number of anilines is 2.